The van der Waals surface area contributed by atoms with Crippen LogP contribution in [0.5, 0.6) is 0 Å². The highest BCUT2D eigenvalue weighted by molar-refractivity contribution is 7.94. The van der Waals surface area contributed by atoms with Crippen LogP contribution in [0, 0.1) is 5.92 Å². The molecule has 2 amide bonds. The summed E-state index contributed by atoms with van der Waals surface area (Å²) in [7, 11) is -2.40. The molecule has 2 N–H and O–H groups in total. The van der Waals surface area contributed by atoms with Crippen molar-refractivity contribution in [3.8, 4) is 11.4 Å². The Hall–Kier alpha value is -5.72. The number of carbonyl (C=O) groups is 2. The Morgan fingerprint density at radius 1 is 1.12 bits per heavy atom. The van der Waals surface area contributed by atoms with Gasteiger partial charge >= 0.3 is 6.18 Å². The number of benzene rings is 2. The maximum absolute atomic E-state index is 13.4. The highest BCUT2D eigenvalue weighted by atomic mass is 32.2. The Balaban J connectivity index is 1.96. The van der Waals surface area contributed by atoms with Crippen molar-refractivity contribution in [2.75, 3.05) is 23.8 Å². The number of allylic oxidation sites excluding steroid dienone is 7. The predicted molar refractivity (Wildman–Crippen MR) is 197 cm³/mol. The molecule has 0 spiro atoms. The van der Waals surface area contributed by atoms with E-state index in [9.17, 15) is 31.2 Å². The van der Waals surface area contributed by atoms with Gasteiger partial charge in [-0.3, -0.25) is 9.59 Å². The third kappa shape index (κ3) is 11.1. The van der Waals surface area contributed by atoms with Gasteiger partial charge in [0.2, 0.25) is 5.82 Å². The Morgan fingerprint density at radius 2 is 1.85 bits per heavy atom. The van der Waals surface area contributed by atoms with E-state index < -0.39 is 33.6 Å². The third-order valence-corrected chi connectivity index (χ3v) is 8.79. The lowest BCUT2D eigenvalue weighted by molar-refractivity contribution is -0.137. The Labute approximate surface area is 301 Å². The third-order valence-electron chi connectivity index (χ3n) is 7.35. The normalized spacial score (nSPS) is 12.6. The number of sulfonamides is 1. The van der Waals surface area contributed by atoms with Crippen molar-refractivity contribution in [3.63, 3.8) is 0 Å². The summed E-state index contributed by atoms with van der Waals surface area (Å²) < 4.78 is 73.1. The summed E-state index contributed by atoms with van der Waals surface area (Å²) in [5, 5.41) is 6.80. The summed E-state index contributed by atoms with van der Waals surface area (Å²) >= 11 is 0. The zero-order valence-electron chi connectivity index (χ0n) is 29.4. The smallest absolute Gasteiger partial charge is 0.373 e. The molecule has 0 unspecified atom stereocenters. The molecule has 2 aromatic carbocycles. The molecule has 0 saturated heterocycles. The van der Waals surface area contributed by atoms with Gasteiger partial charge in [0.1, 0.15) is 0 Å². The number of rotatable bonds is 15. The van der Waals surface area contributed by atoms with E-state index in [4.69, 9.17) is 4.52 Å². The first-order chi connectivity index (χ1) is 24.5. The maximum Gasteiger partial charge on any atom is 0.416 e. The lowest BCUT2D eigenvalue weighted by Gasteiger charge is -2.24. The summed E-state index contributed by atoms with van der Waals surface area (Å²) in [5.74, 6) is -1.30. The molecule has 52 heavy (non-hydrogen) atoms. The second-order valence-corrected chi connectivity index (χ2v) is 13.5. The quantitative estimate of drug-likeness (QED) is 0.0906. The number of aromatic nitrogens is 2. The highest BCUT2D eigenvalue weighted by Crippen LogP contribution is 2.33. The van der Waals surface area contributed by atoms with Gasteiger partial charge in [0.05, 0.1) is 21.8 Å². The summed E-state index contributed by atoms with van der Waals surface area (Å²) in [6.45, 7) is 15.1. The molecule has 0 aliphatic rings. The number of amides is 2. The molecule has 0 radical (unpaired) electrons. The molecule has 10 nitrogen and oxygen atoms in total. The lowest BCUT2D eigenvalue weighted by Crippen LogP contribution is -2.31. The number of carbonyl (C=O) groups excluding carboxylic acids is 2. The van der Waals surface area contributed by atoms with Gasteiger partial charge in [0.15, 0.2) is 0 Å². The first-order valence-electron chi connectivity index (χ1n) is 16.0. The van der Waals surface area contributed by atoms with Crippen molar-refractivity contribution in [1.82, 2.24) is 14.9 Å². The zero-order chi connectivity index (χ0) is 38.6. The number of hydrogen-bond donors (Lipinski definition) is 2. The fourth-order valence-electron chi connectivity index (χ4n) is 4.58. The number of nitrogens with one attached hydrogen (secondary N) is 2. The van der Waals surface area contributed by atoms with Crippen molar-refractivity contribution in [2.45, 2.75) is 40.3 Å². The summed E-state index contributed by atoms with van der Waals surface area (Å²) in [6.07, 6.45) is 6.08. The van der Waals surface area contributed by atoms with Crippen LogP contribution in [0.3, 0.4) is 0 Å². The van der Waals surface area contributed by atoms with Gasteiger partial charge in [-0.05, 0) is 80.8 Å². The highest BCUT2D eigenvalue weighted by Gasteiger charge is 2.31. The molecule has 1 heterocycles. The first kappa shape index (κ1) is 40.7. The van der Waals surface area contributed by atoms with Crippen molar-refractivity contribution in [1.29, 1.82) is 0 Å². The molecular weight excluding hydrogens is 696 g/mol. The van der Waals surface area contributed by atoms with E-state index in [1.807, 2.05) is 16.7 Å². The second kappa shape index (κ2) is 18.0. The van der Waals surface area contributed by atoms with Crippen LogP contribution >= 0.6 is 0 Å². The molecule has 1 aromatic heterocycles. The number of halogens is 3. The molecule has 14 heteroatoms. The van der Waals surface area contributed by atoms with Crippen molar-refractivity contribution < 1.29 is 35.7 Å². The molecule has 0 fully saturated rings. The van der Waals surface area contributed by atoms with Gasteiger partial charge in [-0.2, -0.15) is 18.2 Å². The fourth-order valence-corrected chi connectivity index (χ4v) is 5.64. The summed E-state index contributed by atoms with van der Waals surface area (Å²) in [6, 6.07) is 9.13. The number of anilines is 2. The van der Waals surface area contributed by atoms with Crippen LogP contribution < -0.4 is 14.9 Å². The van der Waals surface area contributed by atoms with Crippen molar-refractivity contribution in [2.24, 2.45) is 5.92 Å². The fraction of sp³-hybridized carbons (Fsp3) is 0.237. The first-order valence-corrected chi connectivity index (χ1v) is 17.5. The summed E-state index contributed by atoms with van der Waals surface area (Å²) in [5.41, 5.74) is 2.67. The average Bonchev–Trinajstić information content (AvgIpc) is 3.58. The topological polar surface area (TPSA) is 134 Å². The average molecular weight is 736 g/mol. The van der Waals surface area contributed by atoms with Crippen molar-refractivity contribution in [3.05, 3.63) is 131 Å². The SMILES string of the molecule is C=C=C/C=C\C(=C/C)S(=O)(=O)NC(=O)C(=C)/C=C(\C=C/C)c1nc(-c2ccc(N(C)CCC(C)C)c(NC(=O)c3cccc(C(F)(F)F)c3)c2)no1. The summed E-state index contributed by atoms with van der Waals surface area (Å²) in [4.78, 5) is 32.3. The minimum absolute atomic E-state index is 0.0362. The van der Waals surface area contributed by atoms with E-state index in [-0.39, 0.29) is 33.3 Å². The molecular formula is C38H40F3N5O5S. The van der Waals surface area contributed by atoms with Crippen LogP contribution in [-0.2, 0) is 21.0 Å². The molecule has 0 aliphatic carbocycles. The Kier molecular flexibility index (Phi) is 14.1. The number of nitrogens with zero attached hydrogens (tertiary/aromatic N) is 3. The van der Waals surface area contributed by atoms with Crippen LogP contribution in [0.1, 0.15) is 55.9 Å². The Morgan fingerprint density at radius 3 is 2.48 bits per heavy atom. The van der Waals surface area contributed by atoms with Gasteiger partial charge in [-0.1, -0.05) is 62.5 Å². The van der Waals surface area contributed by atoms with E-state index >= 15 is 0 Å². The van der Waals surface area contributed by atoms with Crippen LogP contribution in [-0.4, -0.2) is 44.0 Å². The van der Waals surface area contributed by atoms with E-state index in [1.165, 1.54) is 43.4 Å². The Bertz CT molecular complexity index is 2090. The largest absolute Gasteiger partial charge is 0.416 e. The standard InChI is InChI=1S/C38H40F3N5O5S/c1-8-11-12-17-31(10-3)52(49,50)45-35(47)26(6)22-29(14-9-2)37-43-34(44-51-37)27-18-19-33(46(7)21-20-25(4)5)32(24-27)42-36(48)28-15-13-16-30(23-28)38(39,40)41/h9-19,22-25H,1,6,20-21H2,2-5,7H3,(H,42,48)(H,45,47)/b14-9-,17-12-,29-22+,31-10+. The number of hydrogen-bond acceptors (Lipinski definition) is 8. The van der Waals surface area contributed by atoms with Crippen LogP contribution in [0.2, 0.25) is 0 Å². The van der Waals surface area contributed by atoms with Crippen molar-refractivity contribution >= 4 is 38.8 Å². The van der Waals surface area contributed by atoms with Gasteiger partial charge < -0.3 is 14.7 Å². The van der Waals surface area contributed by atoms with Crippen LogP contribution in [0.4, 0.5) is 24.5 Å². The minimum atomic E-state index is -4.63. The van der Waals surface area contributed by atoms with E-state index in [1.54, 1.807) is 37.3 Å². The predicted octanol–water partition coefficient (Wildman–Crippen LogP) is 8.25. The zero-order valence-corrected chi connectivity index (χ0v) is 30.2. The van der Waals surface area contributed by atoms with Gasteiger partial charge in [0.25, 0.3) is 27.7 Å². The van der Waals surface area contributed by atoms with E-state index in [2.05, 4.69) is 48.2 Å². The molecule has 0 atom stereocenters. The molecule has 0 aliphatic heterocycles. The lowest BCUT2D eigenvalue weighted by atomic mass is 10.1. The molecule has 3 rings (SSSR count). The number of alkyl halides is 3. The molecule has 274 valence electrons. The van der Waals surface area contributed by atoms with E-state index in [0.29, 0.717) is 29.4 Å². The van der Waals surface area contributed by atoms with Gasteiger partial charge in [-0.15, -0.1) is 5.73 Å². The van der Waals surface area contributed by atoms with Gasteiger partial charge in [0, 0.05) is 35.9 Å². The molecule has 0 saturated carbocycles. The minimum Gasteiger partial charge on any atom is -0.373 e. The van der Waals surface area contributed by atoms with E-state index in [0.717, 1.165) is 24.6 Å². The second-order valence-electron chi connectivity index (χ2n) is 11.8. The van der Waals surface area contributed by atoms with Gasteiger partial charge in [-0.25, -0.2) is 13.1 Å². The van der Waals surface area contributed by atoms with Crippen LogP contribution in [0.15, 0.2) is 119 Å². The monoisotopic (exact) mass is 735 g/mol. The maximum atomic E-state index is 13.4. The van der Waals surface area contributed by atoms with Crippen LogP contribution in [0.25, 0.3) is 17.0 Å². The molecule has 3 aromatic rings. The molecule has 0 bridgehead atoms.